The zero-order chi connectivity index (χ0) is 13.0. The molecule has 1 aliphatic carbocycles. The van der Waals surface area contributed by atoms with Crippen molar-refractivity contribution in [3.8, 4) is 5.75 Å². The smallest absolute Gasteiger partial charge is 0.306 e. The first-order valence-corrected chi connectivity index (χ1v) is 6.52. The van der Waals surface area contributed by atoms with Gasteiger partial charge in [-0.3, -0.25) is 4.79 Å². The second-order valence-electron chi connectivity index (χ2n) is 4.82. The molecule has 0 atom stereocenters. The molecule has 3 nitrogen and oxygen atoms in total. The van der Waals surface area contributed by atoms with Gasteiger partial charge in [-0.2, -0.15) is 0 Å². The number of benzene rings is 1. The first-order chi connectivity index (χ1) is 8.72. The van der Waals surface area contributed by atoms with Crippen molar-refractivity contribution in [2.45, 2.75) is 32.1 Å². The van der Waals surface area contributed by atoms with Crippen molar-refractivity contribution in [2.24, 2.45) is 5.92 Å². The highest BCUT2D eigenvalue weighted by Gasteiger charge is 2.32. The van der Waals surface area contributed by atoms with Crippen LogP contribution in [0.1, 0.15) is 37.7 Å². The van der Waals surface area contributed by atoms with Gasteiger partial charge in [-0.15, -0.1) is 0 Å². The van der Waals surface area contributed by atoms with E-state index in [9.17, 15) is 4.79 Å². The van der Waals surface area contributed by atoms with Gasteiger partial charge in [-0.25, -0.2) is 0 Å². The second-order valence-corrected chi connectivity index (χ2v) is 4.82. The minimum Gasteiger partial charge on any atom is -0.497 e. The van der Waals surface area contributed by atoms with Crippen LogP contribution in [0.5, 0.6) is 5.75 Å². The maximum atomic E-state index is 11.3. The summed E-state index contributed by atoms with van der Waals surface area (Å²) in [6, 6.07) is 8.20. The lowest BCUT2D eigenvalue weighted by atomic mass is 9.70. The summed E-state index contributed by atoms with van der Waals surface area (Å²) in [6.07, 6.45) is 2.71. The average molecular weight is 248 g/mol. The molecular weight excluding hydrogens is 228 g/mol. The molecular formula is C15H20O3. The molecule has 0 aromatic heterocycles. The van der Waals surface area contributed by atoms with Crippen LogP contribution in [0.3, 0.4) is 0 Å². The van der Waals surface area contributed by atoms with Gasteiger partial charge in [0.05, 0.1) is 13.7 Å². The highest BCUT2D eigenvalue weighted by molar-refractivity contribution is 5.69. The first-order valence-electron chi connectivity index (χ1n) is 6.52. The van der Waals surface area contributed by atoms with Gasteiger partial charge in [0.1, 0.15) is 5.75 Å². The molecule has 1 aromatic carbocycles. The molecule has 0 amide bonds. The standard InChI is InChI=1S/C15H20O3/c1-3-18-15(16)9-11-7-13(8-11)12-5-4-6-14(10-12)17-2/h4-6,10-11,13H,3,7-9H2,1-2H3. The van der Waals surface area contributed by atoms with E-state index in [0.717, 1.165) is 18.6 Å². The Kier molecular flexibility index (Phi) is 4.24. The molecule has 0 radical (unpaired) electrons. The molecule has 1 saturated carbocycles. The van der Waals surface area contributed by atoms with Crippen LogP contribution in [0, 0.1) is 5.92 Å². The molecule has 1 aromatic rings. The van der Waals surface area contributed by atoms with E-state index >= 15 is 0 Å². The van der Waals surface area contributed by atoms with Crippen LogP contribution >= 0.6 is 0 Å². The van der Waals surface area contributed by atoms with E-state index in [-0.39, 0.29) is 5.97 Å². The van der Waals surface area contributed by atoms with Gasteiger partial charge in [-0.1, -0.05) is 12.1 Å². The van der Waals surface area contributed by atoms with Gasteiger partial charge in [0, 0.05) is 6.42 Å². The van der Waals surface area contributed by atoms with E-state index < -0.39 is 0 Å². The van der Waals surface area contributed by atoms with Crippen LogP contribution in [0.15, 0.2) is 24.3 Å². The molecule has 1 aliphatic rings. The van der Waals surface area contributed by atoms with Gasteiger partial charge in [0.15, 0.2) is 0 Å². The molecule has 0 spiro atoms. The Balaban J connectivity index is 1.83. The highest BCUT2D eigenvalue weighted by Crippen LogP contribution is 2.44. The third kappa shape index (κ3) is 3.03. The molecule has 0 N–H and O–H groups in total. The Morgan fingerprint density at radius 2 is 2.17 bits per heavy atom. The molecule has 1 fully saturated rings. The molecule has 98 valence electrons. The van der Waals surface area contributed by atoms with Crippen molar-refractivity contribution in [2.75, 3.05) is 13.7 Å². The molecule has 0 bridgehead atoms. The molecule has 0 unspecified atom stereocenters. The number of hydrogen-bond donors (Lipinski definition) is 0. The van der Waals surface area contributed by atoms with Crippen LogP contribution in [-0.2, 0) is 9.53 Å². The molecule has 0 saturated heterocycles. The summed E-state index contributed by atoms with van der Waals surface area (Å²) < 4.78 is 10.2. The van der Waals surface area contributed by atoms with E-state index in [2.05, 4.69) is 12.1 Å². The summed E-state index contributed by atoms with van der Waals surface area (Å²) in [4.78, 5) is 11.3. The Bertz CT molecular complexity index is 408. The normalized spacial score (nSPS) is 22.1. The van der Waals surface area contributed by atoms with Gasteiger partial charge in [-0.05, 0) is 49.3 Å². The number of carbonyl (C=O) groups is 1. The third-order valence-corrected chi connectivity index (χ3v) is 3.56. The number of rotatable bonds is 5. The zero-order valence-electron chi connectivity index (χ0n) is 11.0. The second kappa shape index (κ2) is 5.89. The fourth-order valence-corrected chi connectivity index (χ4v) is 2.53. The van der Waals surface area contributed by atoms with Crippen LogP contribution in [-0.4, -0.2) is 19.7 Å². The Labute approximate surface area is 108 Å². The largest absolute Gasteiger partial charge is 0.497 e. The van der Waals surface area contributed by atoms with E-state index in [4.69, 9.17) is 9.47 Å². The molecule has 3 heteroatoms. The van der Waals surface area contributed by atoms with Crippen molar-refractivity contribution in [1.82, 2.24) is 0 Å². The number of carbonyl (C=O) groups excluding carboxylic acids is 1. The van der Waals surface area contributed by atoms with Gasteiger partial charge >= 0.3 is 5.97 Å². The molecule has 2 rings (SSSR count). The quantitative estimate of drug-likeness (QED) is 0.751. The predicted molar refractivity (Wildman–Crippen MR) is 69.7 cm³/mol. The van der Waals surface area contributed by atoms with Crippen molar-refractivity contribution in [3.63, 3.8) is 0 Å². The SMILES string of the molecule is CCOC(=O)CC1CC(c2cccc(OC)c2)C1. The average Bonchev–Trinajstić information content (AvgIpc) is 2.33. The maximum absolute atomic E-state index is 11.3. The highest BCUT2D eigenvalue weighted by atomic mass is 16.5. The zero-order valence-corrected chi connectivity index (χ0v) is 11.0. The summed E-state index contributed by atoms with van der Waals surface area (Å²) in [6.45, 7) is 2.32. The van der Waals surface area contributed by atoms with E-state index in [1.165, 1.54) is 5.56 Å². The van der Waals surface area contributed by atoms with E-state index in [1.807, 2.05) is 19.1 Å². The van der Waals surface area contributed by atoms with Gasteiger partial charge < -0.3 is 9.47 Å². The fourth-order valence-electron chi connectivity index (χ4n) is 2.53. The maximum Gasteiger partial charge on any atom is 0.306 e. The summed E-state index contributed by atoms with van der Waals surface area (Å²) in [7, 11) is 1.68. The van der Waals surface area contributed by atoms with Gasteiger partial charge in [0.2, 0.25) is 0 Å². The number of methoxy groups -OCH3 is 1. The Morgan fingerprint density at radius 3 is 2.83 bits per heavy atom. The van der Waals surface area contributed by atoms with Crippen molar-refractivity contribution < 1.29 is 14.3 Å². The van der Waals surface area contributed by atoms with Crippen LogP contribution in [0.2, 0.25) is 0 Å². The summed E-state index contributed by atoms with van der Waals surface area (Å²) in [5.41, 5.74) is 1.31. The molecule has 0 aliphatic heterocycles. The lowest BCUT2D eigenvalue weighted by Crippen LogP contribution is -2.25. The van der Waals surface area contributed by atoms with Crippen LogP contribution in [0.4, 0.5) is 0 Å². The lowest BCUT2D eigenvalue weighted by molar-refractivity contribution is -0.145. The van der Waals surface area contributed by atoms with Crippen molar-refractivity contribution in [3.05, 3.63) is 29.8 Å². The summed E-state index contributed by atoms with van der Waals surface area (Å²) in [5, 5.41) is 0. The topological polar surface area (TPSA) is 35.5 Å². The number of esters is 1. The monoisotopic (exact) mass is 248 g/mol. The summed E-state index contributed by atoms with van der Waals surface area (Å²) in [5.74, 6) is 1.90. The molecule has 18 heavy (non-hydrogen) atoms. The van der Waals surface area contributed by atoms with Crippen LogP contribution < -0.4 is 4.74 Å². The summed E-state index contributed by atoms with van der Waals surface area (Å²) >= 11 is 0. The Morgan fingerprint density at radius 1 is 1.39 bits per heavy atom. The Hall–Kier alpha value is -1.51. The lowest BCUT2D eigenvalue weighted by Gasteiger charge is -2.35. The fraction of sp³-hybridized carbons (Fsp3) is 0.533. The van der Waals surface area contributed by atoms with E-state index in [1.54, 1.807) is 7.11 Å². The molecule has 0 heterocycles. The van der Waals surface area contributed by atoms with Crippen LogP contribution in [0.25, 0.3) is 0 Å². The van der Waals surface area contributed by atoms with Crippen molar-refractivity contribution in [1.29, 1.82) is 0 Å². The van der Waals surface area contributed by atoms with Gasteiger partial charge in [0.25, 0.3) is 0 Å². The number of hydrogen-bond acceptors (Lipinski definition) is 3. The predicted octanol–water partition coefficient (Wildman–Crippen LogP) is 3.14. The minimum atomic E-state index is -0.0633. The first kappa shape index (κ1) is 12.9. The number of ether oxygens (including phenoxy) is 2. The van der Waals surface area contributed by atoms with E-state index in [0.29, 0.717) is 24.9 Å². The third-order valence-electron chi connectivity index (χ3n) is 3.56. The minimum absolute atomic E-state index is 0.0633. The van der Waals surface area contributed by atoms with Crippen molar-refractivity contribution >= 4 is 5.97 Å².